The number of hydrogen-bond acceptors (Lipinski definition) is 2. The summed E-state index contributed by atoms with van der Waals surface area (Å²) < 4.78 is 5.65. The summed E-state index contributed by atoms with van der Waals surface area (Å²) in [7, 11) is 0. The first-order valence-electron chi connectivity index (χ1n) is 5.57. The molecule has 1 rings (SSSR count). The Morgan fingerprint density at radius 1 is 1.50 bits per heavy atom. The monoisotopic (exact) mass is 218 g/mol. The molecule has 0 radical (unpaired) electrons. The van der Waals surface area contributed by atoms with Crippen molar-refractivity contribution in [2.24, 2.45) is 0 Å². The third-order valence-electron chi connectivity index (χ3n) is 2.44. The largest absolute Gasteiger partial charge is 0.483 e. The van der Waals surface area contributed by atoms with E-state index in [4.69, 9.17) is 4.74 Å². The van der Waals surface area contributed by atoms with Gasteiger partial charge in [0.15, 0.2) is 11.9 Å². The van der Waals surface area contributed by atoms with Crippen LogP contribution in [0.4, 0.5) is 0 Å². The van der Waals surface area contributed by atoms with E-state index in [1.54, 1.807) is 6.92 Å². The molecule has 0 aromatic heterocycles. The van der Waals surface area contributed by atoms with Gasteiger partial charge in [0.25, 0.3) is 0 Å². The van der Waals surface area contributed by atoms with Crippen LogP contribution in [0.25, 0.3) is 0 Å². The molecule has 1 aromatic rings. The minimum absolute atomic E-state index is 0.119. The molecule has 1 unspecified atom stereocenters. The van der Waals surface area contributed by atoms with Crippen LogP contribution < -0.4 is 4.74 Å². The van der Waals surface area contributed by atoms with Crippen molar-refractivity contribution < 1.29 is 9.53 Å². The first-order valence-corrected chi connectivity index (χ1v) is 5.57. The van der Waals surface area contributed by atoms with E-state index < -0.39 is 0 Å². The summed E-state index contributed by atoms with van der Waals surface area (Å²) in [5.74, 6) is 0.894. The Kier molecular flexibility index (Phi) is 4.77. The fourth-order valence-electron chi connectivity index (χ4n) is 1.49. The Labute approximate surface area is 96.9 Å². The minimum atomic E-state index is -0.379. The van der Waals surface area contributed by atoms with Crippen LogP contribution in [-0.4, -0.2) is 11.9 Å². The maximum absolute atomic E-state index is 11.4. The lowest BCUT2D eigenvalue weighted by molar-refractivity contribution is -0.124. The summed E-state index contributed by atoms with van der Waals surface area (Å²) >= 11 is 0. The highest BCUT2D eigenvalue weighted by atomic mass is 16.5. The topological polar surface area (TPSA) is 26.3 Å². The average Bonchev–Trinajstić information content (AvgIpc) is 2.31. The van der Waals surface area contributed by atoms with Gasteiger partial charge < -0.3 is 4.74 Å². The van der Waals surface area contributed by atoms with Crippen LogP contribution in [0.5, 0.6) is 5.75 Å². The second kappa shape index (κ2) is 6.11. The van der Waals surface area contributed by atoms with Crippen molar-refractivity contribution in [3.8, 4) is 5.75 Å². The predicted molar refractivity (Wildman–Crippen MR) is 65.7 cm³/mol. The summed E-state index contributed by atoms with van der Waals surface area (Å²) in [6, 6.07) is 7.74. The molecule has 0 saturated heterocycles. The number of ketones is 1. The van der Waals surface area contributed by atoms with Gasteiger partial charge in [-0.2, -0.15) is 0 Å². The van der Waals surface area contributed by atoms with Crippen molar-refractivity contribution in [3.05, 3.63) is 42.5 Å². The van der Waals surface area contributed by atoms with Crippen LogP contribution in [0.15, 0.2) is 36.9 Å². The average molecular weight is 218 g/mol. The molecular formula is C14H18O2. The molecule has 0 saturated carbocycles. The minimum Gasteiger partial charge on any atom is -0.483 e. The van der Waals surface area contributed by atoms with Gasteiger partial charge in [-0.15, -0.1) is 6.58 Å². The van der Waals surface area contributed by atoms with E-state index in [0.29, 0.717) is 6.42 Å². The van der Waals surface area contributed by atoms with Crippen LogP contribution in [-0.2, 0) is 11.2 Å². The second-order valence-electron chi connectivity index (χ2n) is 3.68. The predicted octanol–water partition coefficient (Wildman–Crippen LogP) is 3.16. The first-order chi connectivity index (χ1) is 7.69. The van der Waals surface area contributed by atoms with E-state index >= 15 is 0 Å². The zero-order chi connectivity index (χ0) is 12.0. The van der Waals surface area contributed by atoms with E-state index in [1.165, 1.54) is 0 Å². The molecular weight excluding hydrogens is 200 g/mol. The van der Waals surface area contributed by atoms with Crippen molar-refractivity contribution in [1.29, 1.82) is 0 Å². The van der Waals surface area contributed by atoms with Crippen LogP contribution >= 0.6 is 0 Å². The lowest BCUT2D eigenvalue weighted by atomic mass is 10.1. The standard InChI is InChI=1S/C14H18O2/c1-4-8-12-9-6-7-10-14(12)16-11(3)13(15)5-2/h4,6-7,9-11H,1,5,8H2,2-3H3. The number of Topliss-reactive ketones (excluding diaryl/α,β-unsaturated/α-hetero) is 1. The van der Waals surface area contributed by atoms with E-state index in [-0.39, 0.29) is 11.9 Å². The highest BCUT2D eigenvalue weighted by molar-refractivity contribution is 5.82. The zero-order valence-electron chi connectivity index (χ0n) is 9.90. The molecule has 2 heteroatoms. The maximum atomic E-state index is 11.4. The number of ether oxygens (including phenoxy) is 1. The molecule has 0 amide bonds. The molecule has 0 N–H and O–H groups in total. The van der Waals surface area contributed by atoms with E-state index in [0.717, 1.165) is 17.7 Å². The number of para-hydroxylation sites is 1. The fraction of sp³-hybridized carbons (Fsp3) is 0.357. The van der Waals surface area contributed by atoms with Crippen LogP contribution in [0.1, 0.15) is 25.8 Å². The van der Waals surface area contributed by atoms with Gasteiger partial charge >= 0.3 is 0 Å². The summed E-state index contributed by atoms with van der Waals surface area (Å²) in [5.41, 5.74) is 1.06. The van der Waals surface area contributed by atoms with E-state index in [9.17, 15) is 4.79 Å². The van der Waals surface area contributed by atoms with Gasteiger partial charge in [0.2, 0.25) is 0 Å². The Bertz CT molecular complexity index is 369. The number of allylic oxidation sites excluding steroid dienone is 1. The van der Waals surface area contributed by atoms with Crippen LogP contribution in [0.2, 0.25) is 0 Å². The Morgan fingerprint density at radius 3 is 2.81 bits per heavy atom. The highest BCUT2D eigenvalue weighted by Gasteiger charge is 2.13. The van der Waals surface area contributed by atoms with Gasteiger partial charge in [-0.05, 0) is 25.0 Å². The molecule has 2 nitrogen and oxygen atoms in total. The summed E-state index contributed by atoms with van der Waals surface area (Å²) in [6.07, 6.45) is 2.71. The number of carbonyl (C=O) groups excluding carboxylic acids is 1. The molecule has 86 valence electrons. The van der Waals surface area contributed by atoms with Crippen molar-refractivity contribution >= 4 is 5.78 Å². The molecule has 0 aliphatic carbocycles. The number of rotatable bonds is 6. The van der Waals surface area contributed by atoms with Gasteiger partial charge in [-0.3, -0.25) is 4.79 Å². The molecule has 0 aliphatic rings. The zero-order valence-corrected chi connectivity index (χ0v) is 9.90. The van der Waals surface area contributed by atoms with Gasteiger partial charge in [0, 0.05) is 6.42 Å². The van der Waals surface area contributed by atoms with Crippen molar-refractivity contribution in [1.82, 2.24) is 0 Å². The molecule has 0 fully saturated rings. The molecule has 0 heterocycles. The summed E-state index contributed by atoms with van der Waals surface area (Å²) in [5, 5.41) is 0. The van der Waals surface area contributed by atoms with E-state index in [2.05, 4.69) is 6.58 Å². The van der Waals surface area contributed by atoms with Gasteiger partial charge in [-0.1, -0.05) is 31.2 Å². The second-order valence-corrected chi connectivity index (χ2v) is 3.68. The number of benzene rings is 1. The molecule has 0 spiro atoms. The Morgan fingerprint density at radius 2 is 2.19 bits per heavy atom. The van der Waals surface area contributed by atoms with Crippen LogP contribution in [0, 0.1) is 0 Å². The van der Waals surface area contributed by atoms with E-state index in [1.807, 2.05) is 37.3 Å². The third kappa shape index (κ3) is 3.23. The van der Waals surface area contributed by atoms with Crippen molar-refractivity contribution in [2.45, 2.75) is 32.8 Å². The molecule has 1 atom stereocenters. The third-order valence-corrected chi connectivity index (χ3v) is 2.44. The first kappa shape index (κ1) is 12.5. The van der Waals surface area contributed by atoms with Gasteiger partial charge in [0.1, 0.15) is 5.75 Å². The fourth-order valence-corrected chi connectivity index (χ4v) is 1.49. The molecule has 1 aromatic carbocycles. The lowest BCUT2D eigenvalue weighted by Crippen LogP contribution is -2.23. The quantitative estimate of drug-likeness (QED) is 0.685. The molecule has 0 aliphatic heterocycles. The SMILES string of the molecule is C=CCc1ccccc1OC(C)C(=O)CC. The molecule has 16 heavy (non-hydrogen) atoms. The number of carbonyl (C=O) groups is 1. The Hall–Kier alpha value is -1.57. The maximum Gasteiger partial charge on any atom is 0.172 e. The van der Waals surface area contributed by atoms with Gasteiger partial charge in [-0.25, -0.2) is 0 Å². The number of hydrogen-bond donors (Lipinski definition) is 0. The van der Waals surface area contributed by atoms with Crippen molar-refractivity contribution in [2.75, 3.05) is 0 Å². The van der Waals surface area contributed by atoms with Crippen LogP contribution in [0.3, 0.4) is 0 Å². The summed E-state index contributed by atoms with van der Waals surface area (Å²) in [6.45, 7) is 7.34. The smallest absolute Gasteiger partial charge is 0.172 e. The summed E-state index contributed by atoms with van der Waals surface area (Å²) in [4.78, 5) is 11.4. The highest BCUT2D eigenvalue weighted by Crippen LogP contribution is 2.20. The van der Waals surface area contributed by atoms with Crippen molar-refractivity contribution in [3.63, 3.8) is 0 Å². The lowest BCUT2D eigenvalue weighted by Gasteiger charge is -2.15. The Balaban J connectivity index is 2.79. The normalized spacial score (nSPS) is 11.9. The van der Waals surface area contributed by atoms with Gasteiger partial charge in [0.05, 0.1) is 0 Å². The molecule has 0 bridgehead atoms.